The number of ketones is 1. The van der Waals surface area contributed by atoms with Crippen molar-refractivity contribution in [3.05, 3.63) is 23.8 Å². The molecule has 5 nitrogen and oxygen atoms in total. The Labute approximate surface area is 104 Å². The van der Waals surface area contributed by atoms with Crippen molar-refractivity contribution in [2.75, 3.05) is 0 Å². The molecule has 1 aromatic carbocycles. The van der Waals surface area contributed by atoms with E-state index < -0.39 is 0 Å². The van der Waals surface area contributed by atoms with E-state index in [1.807, 2.05) is 0 Å². The number of nitrogens with one attached hydrogen (secondary N) is 1. The lowest BCUT2D eigenvalue weighted by molar-refractivity contribution is -0.120. The van der Waals surface area contributed by atoms with Gasteiger partial charge in [0.2, 0.25) is 0 Å². The molecule has 0 saturated heterocycles. The maximum atomic E-state index is 11.9. The van der Waals surface area contributed by atoms with Gasteiger partial charge in [0.1, 0.15) is 17.3 Å². The summed E-state index contributed by atoms with van der Waals surface area (Å²) in [5.41, 5.74) is 0.212. The summed E-state index contributed by atoms with van der Waals surface area (Å²) in [4.78, 5) is 23.0. The van der Waals surface area contributed by atoms with Gasteiger partial charge in [-0.2, -0.15) is 0 Å². The van der Waals surface area contributed by atoms with Gasteiger partial charge in [0, 0.05) is 30.5 Å². The van der Waals surface area contributed by atoms with Gasteiger partial charge in [-0.15, -0.1) is 0 Å². The lowest BCUT2D eigenvalue weighted by Crippen LogP contribution is -2.37. The van der Waals surface area contributed by atoms with E-state index >= 15 is 0 Å². The van der Waals surface area contributed by atoms with Crippen molar-refractivity contribution in [2.45, 2.75) is 31.7 Å². The molecular formula is C13H15NO4. The maximum absolute atomic E-state index is 11.9. The van der Waals surface area contributed by atoms with E-state index in [0.29, 0.717) is 25.7 Å². The van der Waals surface area contributed by atoms with Crippen molar-refractivity contribution in [3.63, 3.8) is 0 Å². The third-order valence-corrected chi connectivity index (χ3v) is 3.04. The lowest BCUT2D eigenvalue weighted by atomic mass is 9.94. The van der Waals surface area contributed by atoms with Crippen LogP contribution in [0, 0.1) is 0 Å². The predicted octanol–water partition coefficient (Wildman–Crippen LogP) is 1.34. The molecule has 0 radical (unpaired) electrons. The highest BCUT2D eigenvalue weighted by atomic mass is 16.3. The highest BCUT2D eigenvalue weighted by Crippen LogP contribution is 2.21. The third-order valence-electron chi connectivity index (χ3n) is 3.04. The number of hydrogen-bond acceptors (Lipinski definition) is 4. The summed E-state index contributed by atoms with van der Waals surface area (Å²) in [6.45, 7) is 0. The number of phenolic OH excluding ortho intramolecular Hbond substituents is 2. The molecule has 1 aliphatic carbocycles. The molecule has 0 heterocycles. The van der Waals surface area contributed by atoms with E-state index in [1.54, 1.807) is 0 Å². The van der Waals surface area contributed by atoms with Gasteiger partial charge >= 0.3 is 0 Å². The molecule has 1 fully saturated rings. The zero-order valence-corrected chi connectivity index (χ0v) is 9.85. The number of benzene rings is 1. The van der Waals surface area contributed by atoms with Crippen molar-refractivity contribution >= 4 is 11.7 Å². The van der Waals surface area contributed by atoms with Gasteiger partial charge in [-0.25, -0.2) is 0 Å². The Morgan fingerprint density at radius 1 is 1.11 bits per heavy atom. The Morgan fingerprint density at radius 2 is 1.67 bits per heavy atom. The fourth-order valence-corrected chi connectivity index (χ4v) is 2.08. The quantitative estimate of drug-likeness (QED) is 0.738. The number of hydrogen-bond donors (Lipinski definition) is 3. The summed E-state index contributed by atoms with van der Waals surface area (Å²) in [7, 11) is 0. The zero-order chi connectivity index (χ0) is 13.1. The number of rotatable bonds is 2. The van der Waals surface area contributed by atoms with Crippen molar-refractivity contribution in [1.82, 2.24) is 5.32 Å². The van der Waals surface area contributed by atoms with E-state index in [9.17, 15) is 19.8 Å². The average Bonchev–Trinajstić information content (AvgIpc) is 2.31. The molecular weight excluding hydrogens is 234 g/mol. The average molecular weight is 249 g/mol. The van der Waals surface area contributed by atoms with Gasteiger partial charge in [-0.05, 0) is 25.0 Å². The van der Waals surface area contributed by atoms with Crippen LogP contribution in [0.15, 0.2) is 18.2 Å². The van der Waals surface area contributed by atoms with E-state index in [1.165, 1.54) is 12.1 Å². The van der Waals surface area contributed by atoms with Crippen molar-refractivity contribution in [1.29, 1.82) is 0 Å². The van der Waals surface area contributed by atoms with E-state index in [2.05, 4.69) is 5.32 Å². The number of carbonyl (C=O) groups excluding carboxylic acids is 2. The second-order valence-corrected chi connectivity index (χ2v) is 4.52. The number of Topliss-reactive ketones (excluding diaryl/α,β-unsaturated/α-hetero) is 1. The van der Waals surface area contributed by atoms with Crippen molar-refractivity contribution in [2.24, 2.45) is 0 Å². The minimum Gasteiger partial charge on any atom is -0.508 e. The Balaban J connectivity index is 2.01. The lowest BCUT2D eigenvalue weighted by Gasteiger charge is -2.22. The van der Waals surface area contributed by atoms with Crippen LogP contribution in [-0.2, 0) is 4.79 Å². The molecule has 0 spiro atoms. The minimum atomic E-state index is -0.347. The van der Waals surface area contributed by atoms with Crippen molar-refractivity contribution < 1.29 is 19.8 Å². The molecule has 3 N–H and O–H groups in total. The molecule has 1 amide bonds. The normalized spacial score (nSPS) is 16.6. The minimum absolute atomic E-state index is 0.0142. The molecule has 1 aliphatic rings. The summed E-state index contributed by atoms with van der Waals surface area (Å²) in [5.74, 6) is -0.422. The Kier molecular flexibility index (Phi) is 3.50. The Hall–Kier alpha value is -2.04. The van der Waals surface area contributed by atoms with E-state index in [0.717, 1.165) is 6.07 Å². The fraction of sp³-hybridized carbons (Fsp3) is 0.385. The number of amides is 1. The second kappa shape index (κ2) is 5.08. The molecule has 1 saturated carbocycles. The fourth-order valence-electron chi connectivity index (χ4n) is 2.08. The van der Waals surface area contributed by atoms with Gasteiger partial charge in [-0.3, -0.25) is 9.59 Å². The van der Waals surface area contributed by atoms with Crippen LogP contribution in [0.2, 0.25) is 0 Å². The molecule has 2 rings (SSSR count). The zero-order valence-electron chi connectivity index (χ0n) is 9.85. The summed E-state index contributed by atoms with van der Waals surface area (Å²) in [6.07, 6.45) is 2.29. The smallest absolute Gasteiger partial charge is 0.251 e. The van der Waals surface area contributed by atoms with Gasteiger partial charge < -0.3 is 15.5 Å². The molecule has 5 heteroatoms. The highest BCUT2D eigenvalue weighted by molar-refractivity contribution is 5.95. The third kappa shape index (κ3) is 3.00. The summed E-state index contributed by atoms with van der Waals surface area (Å²) >= 11 is 0. The molecule has 0 bridgehead atoms. The number of phenols is 2. The van der Waals surface area contributed by atoms with Crippen molar-refractivity contribution in [3.8, 4) is 11.5 Å². The monoisotopic (exact) mass is 249 g/mol. The van der Waals surface area contributed by atoms with E-state index in [4.69, 9.17) is 0 Å². The first-order chi connectivity index (χ1) is 8.54. The highest BCUT2D eigenvalue weighted by Gasteiger charge is 2.21. The number of carbonyl (C=O) groups is 2. The Bertz CT molecular complexity index is 454. The Morgan fingerprint density at radius 3 is 2.22 bits per heavy atom. The summed E-state index contributed by atoms with van der Waals surface area (Å²) < 4.78 is 0. The van der Waals surface area contributed by atoms with Crippen LogP contribution < -0.4 is 5.32 Å². The maximum Gasteiger partial charge on any atom is 0.251 e. The number of aromatic hydroxyl groups is 2. The predicted molar refractivity (Wildman–Crippen MR) is 64.5 cm³/mol. The van der Waals surface area contributed by atoms with Crippen LogP contribution >= 0.6 is 0 Å². The first-order valence-electron chi connectivity index (χ1n) is 5.90. The van der Waals surface area contributed by atoms with Gasteiger partial charge in [-0.1, -0.05) is 0 Å². The standard InChI is InChI=1S/C13H15NO4/c15-10-3-1-9(2-4-10)14-13(18)8-5-11(16)7-12(17)6-8/h5-7,9,16-17H,1-4H2,(H,14,18). The molecule has 96 valence electrons. The van der Waals surface area contributed by atoms with Gasteiger partial charge in [0.05, 0.1) is 0 Å². The molecule has 1 aromatic rings. The largest absolute Gasteiger partial charge is 0.508 e. The topological polar surface area (TPSA) is 86.6 Å². The first-order valence-corrected chi connectivity index (χ1v) is 5.90. The molecule has 0 atom stereocenters. The van der Waals surface area contributed by atoms with E-state index in [-0.39, 0.29) is 34.8 Å². The molecule has 0 aliphatic heterocycles. The summed E-state index contributed by atoms with van der Waals surface area (Å²) in [6, 6.07) is 3.74. The van der Waals surface area contributed by atoms with Crippen LogP contribution in [0.3, 0.4) is 0 Å². The van der Waals surface area contributed by atoms with Crippen LogP contribution in [-0.4, -0.2) is 27.9 Å². The molecule has 0 aromatic heterocycles. The van der Waals surface area contributed by atoms with Crippen LogP contribution in [0.4, 0.5) is 0 Å². The van der Waals surface area contributed by atoms with Crippen LogP contribution in [0.1, 0.15) is 36.0 Å². The first kappa shape index (κ1) is 12.4. The molecule has 0 unspecified atom stereocenters. The molecule has 18 heavy (non-hydrogen) atoms. The van der Waals surface area contributed by atoms with Crippen LogP contribution in [0.5, 0.6) is 11.5 Å². The van der Waals surface area contributed by atoms with Gasteiger partial charge in [0.25, 0.3) is 5.91 Å². The van der Waals surface area contributed by atoms with Crippen LogP contribution in [0.25, 0.3) is 0 Å². The summed E-state index contributed by atoms with van der Waals surface area (Å²) in [5, 5.41) is 21.4. The second-order valence-electron chi connectivity index (χ2n) is 4.52. The van der Waals surface area contributed by atoms with Gasteiger partial charge in [0.15, 0.2) is 0 Å². The SMILES string of the molecule is O=C1CCC(NC(=O)c2cc(O)cc(O)c2)CC1.